The Morgan fingerprint density at radius 1 is 1.79 bits per heavy atom. The minimum absolute atomic E-state index is 0.108. The number of carboxylic acid groups (broad SMARTS) is 1. The second-order valence-electron chi connectivity index (χ2n) is 2.81. The highest BCUT2D eigenvalue weighted by Crippen LogP contribution is 2.33. The summed E-state index contributed by atoms with van der Waals surface area (Å²) in [6.45, 7) is 0. The molecule has 0 unspecified atom stereocenters. The first-order valence-electron chi connectivity index (χ1n) is 3.84. The second-order valence-corrected chi connectivity index (χ2v) is 3.92. The molecule has 0 heterocycles. The Balaban J connectivity index is 2.90. The summed E-state index contributed by atoms with van der Waals surface area (Å²) in [5.41, 5.74) is 0.108. The van der Waals surface area contributed by atoms with Gasteiger partial charge in [0.05, 0.1) is 12.0 Å². The zero-order chi connectivity index (χ0) is 10.8. The normalized spacial score (nSPS) is 25.6. The van der Waals surface area contributed by atoms with Gasteiger partial charge in [-0.05, 0) is 12.3 Å². The summed E-state index contributed by atoms with van der Waals surface area (Å²) in [6.07, 6.45) is 5.74. The van der Waals surface area contributed by atoms with Crippen LogP contribution in [0.25, 0.3) is 0 Å². The second kappa shape index (κ2) is 3.83. The Bertz CT molecular complexity index is 336. The maximum Gasteiger partial charge on any atom is 0.335 e. The number of hydrogen-bond acceptors (Lipinski definition) is 4. The van der Waals surface area contributed by atoms with Gasteiger partial charge in [0.1, 0.15) is 0 Å². The molecule has 0 saturated carbocycles. The summed E-state index contributed by atoms with van der Waals surface area (Å²) in [5.74, 6) is -1.06. The number of aliphatic carboxylic acids is 1. The van der Waals surface area contributed by atoms with Gasteiger partial charge in [0.25, 0.3) is 4.87 Å². The summed E-state index contributed by atoms with van der Waals surface area (Å²) < 4.78 is 0. The number of rotatable bonds is 3. The predicted molar refractivity (Wildman–Crippen MR) is 52.7 cm³/mol. The molecule has 0 aromatic rings. The Morgan fingerprint density at radius 3 is 2.71 bits per heavy atom. The minimum Gasteiger partial charge on any atom is -0.478 e. The molecule has 1 aliphatic carbocycles. The maximum absolute atomic E-state index is 10.7. The molecule has 14 heavy (non-hydrogen) atoms. The summed E-state index contributed by atoms with van der Waals surface area (Å²) >= 11 is 1.09. The molecule has 1 atom stereocenters. The van der Waals surface area contributed by atoms with E-state index in [1.807, 2.05) is 0 Å². The van der Waals surface area contributed by atoms with Crippen molar-refractivity contribution < 1.29 is 14.8 Å². The topological polar surface area (TPSA) is 80.4 Å². The summed E-state index contributed by atoms with van der Waals surface area (Å²) in [4.78, 5) is 19.7. The number of nitrogens with zero attached hydrogens (tertiary/aromatic N) is 1. The van der Waals surface area contributed by atoms with Crippen LogP contribution < -0.4 is 0 Å². The molecule has 0 saturated heterocycles. The van der Waals surface area contributed by atoms with E-state index in [1.54, 1.807) is 6.26 Å². The summed E-state index contributed by atoms with van der Waals surface area (Å²) in [6, 6.07) is 0. The van der Waals surface area contributed by atoms with Crippen molar-refractivity contribution in [3.05, 3.63) is 33.9 Å². The molecule has 1 aliphatic rings. The van der Waals surface area contributed by atoms with Crippen molar-refractivity contribution in [2.24, 2.45) is 0 Å². The fourth-order valence-electron chi connectivity index (χ4n) is 1.13. The molecule has 0 fully saturated rings. The maximum atomic E-state index is 10.7. The Hall–Kier alpha value is -1.30. The Morgan fingerprint density at radius 2 is 2.43 bits per heavy atom. The molecule has 0 aromatic heterocycles. The number of hydrogen-bond donors (Lipinski definition) is 1. The third-order valence-corrected chi connectivity index (χ3v) is 3.21. The van der Waals surface area contributed by atoms with E-state index in [0.29, 0.717) is 0 Å². The molecule has 0 spiro atoms. The van der Waals surface area contributed by atoms with Crippen LogP contribution in [0.4, 0.5) is 0 Å². The van der Waals surface area contributed by atoms with Crippen LogP contribution in [-0.2, 0) is 4.79 Å². The number of nitro groups is 1. The van der Waals surface area contributed by atoms with Crippen LogP contribution >= 0.6 is 11.8 Å². The monoisotopic (exact) mass is 215 g/mol. The SMILES string of the molecule is CS[C@]1([N+](=O)[O-])C=CC(C(=O)O)=CC1. The predicted octanol–water partition coefficient (Wildman–Crippen LogP) is 1.29. The smallest absolute Gasteiger partial charge is 0.335 e. The molecule has 1 rings (SSSR count). The zero-order valence-electron chi connectivity index (χ0n) is 7.47. The van der Waals surface area contributed by atoms with Gasteiger partial charge in [-0.2, -0.15) is 0 Å². The van der Waals surface area contributed by atoms with E-state index >= 15 is 0 Å². The molecule has 0 bridgehead atoms. The van der Waals surface area contributed by atoms with Gasteiger partial charge < -0.3 is 5.11 Å². The highest BCUT2D eigenvalue weighted by atomic mass is 32.2. The first-order valence-corrected chi connectivity index (χ1v) is 5.06. The van der Waals surface area contributed by atoms with Crippen LogP contribution in [0.1, 0.15) is 6.42 Å². The molecule has 0 amide bonds. The quantitative estimate of drug-likeness (QED) is 0.436. The first-order chi connectivity index (χ1) is 6.52. The third-order valence-electron chi connectivity index (χ3n) is 2.05. The lowest BCUT2D eigenvalue weighted by molar-refractivity contribution is -0.523. The molecule has 5 nitrogen and oxygen atoms in total. The summed E-state index contributed by atoms with van der Waals surface area (Å²) in [7, 11) is 0. The average molecular weight is 215 g/mol. The zero-order valence-corrected chi connectivity index (χ0v) is 8.28. The van der Waals surface area contributed by atoms with Crippen molar-refractivity contribution >= 4 is 17.7 Å². The summed E-state index contributed by atoms with van der Waals surface area (Å²) in [5, 5.41) is 19.4. The average Bonchev–Trinajstić information content (AvgIpc) is 2.17. The van der Waals surface area contributed by atoms with Gasteiger partial charge in [0.15, 0.2) is 0 Å². The molecule has 0 aliphatic heterocycles. The Kier molecular flexibility index (Phi) is 2.95. The van der Waals surface area contributed by atoms with Gasteiger partial charge in [-0.1, -0.05) is 17.8 Å². The molecule has 76 valence electrons. The number of carboxylic acids is 1. The lowest BCUT2D eigenvalue weighted by Crippen LogP contribution is -2.33. The van der Waals surface area contributed by atoms with Crippen molar-refractivity contribution in [2.45, 2.75) is 11.3 Å². The number of thioether (sulfide) groups is 1. The van der Waals surface area contributed by atoms with Gasteiger partial charge in [-0.25, -0.2) is 4.79 Å². The van der Waals surface area contributed by atoms with Crippen LogP contribution in [0.15, 0.2) is 23.8 Å². The van der Waals surface area contributed by atoms with Crippen molar-refractivity contribution in [2.75, 3.05) is 6.26 Å². The third kappa shape index (κ3) is 1.79. The highest BCUT2D eigenvalue weighted by molar-refractivity contribution is 7.99. The van der Waals surface area contributed by atoms with Crippen molar-refractivity contribution in [3.63, 3.8) is 0 Å². The highest BCUT2D eigenvalue weighted by Gasteiger charge is 2.40. The van der Waals surface area contributed by atoms with E-state index in [-0.39, 0.29) is 12.0 Å². The van der Waals surface area contributed by atoms with Gasteiger partial charge >= 0.3 is 5.97 Å². The van der Waals surface area contributed by atoms with E-state index < -0.39 is 15.8 Å². The standard InChI is InChI=1S/C8H9NO4S/c1-14-8(9(12)13)4-2-6(3-5-8)7(10)11/h2-4H,5H2,1H3,(H,10,11)/t8-/m1/s1. The van der Waals surface area contributed by atoms with E-state index in [2.05, 4.69) is 0 Å². The molecular formula is C8H9NO4S. The van der Waals surface area contributed by atoms with Gasteiger partial charge in [0, 0.05) is 11.0 Å². The van der Waals surface area contributed by atoms with Crippen LogP contribution in [0.2, 0.25) is 0 Å². The van der Waals surface area contributed by atoms with Gasteiger partial charge in [-0.15, -0.1) is 0 Å². The largest absolute Gasteiger partial charge is 0.478 e. The molecular weight excluding hydrogens is 206 g/mol. The van der Waals surface area contributed by atoms with Crippen molar-refractivity contribution in [1.29, 1.82) is 0 Å². The van der Waals surface area contributed by atoms with Crippen molar-refractivity contribution in [1.82, 2.24) is 0 Å². The van der Waals surface area contributed by atoms with E-state index in [9.17, 15) is 14.9 Å². The lowest BCUT2D eigenvalue weighted by atomic mass is 10.0. The fraction of sp³-hybridized carbons (Fsp3) is 0.375. The van der Waals surface area contributed by atoms with E-state index in [0.717, 1.165) is 11.8 Å². The Labute approximate surface area is 84.6 Å². The molecule has 1 N–H and O–H groups in total. The van der Waals surface area contributed by atoms with Crippen LogP contribution in [0.3, 0.4) is 0 Å². The molecule has 6 heteroatoms. The van der Waals surface area contributed by atoms with E-state index in [1.165, 1.54) is 18.2 Å². The number of carbonyl (C=O) groups is 1. The molecule has 0 radical (unpaired) electrons. The van der Waals surface area contributed by atoms with Crippen molar-refractivity contribution in [3.8, 4) is 0 Å². The van der Waals surface area contributed by atoms with Gasteiger partial charge in [0.2, 0.25) is 0 Å². The van der Waals surface area contributed by atoms with Gasteiger partial charge in [-0.3, -0.25) is 10.1 Å². The minimum atomic E-state index is -1.20. The lowest BCUT2D eigenvalue weighted by Gasteiger charge is -2.20. The first kappa shape index (κ1) is 10.8. The van der Waals surface area contributed by atoms with Crippen LogP contribution in [0.5, 0.6) is 0 Å². The van der Waals surface area contributed by atoms with Crippen LogP contribution in [-0.4, -0.2) is 27.1 Å². The molecule has 0 aromatic carbocycles. The van der Waals surface area contributed by atoms with Crippen LogP contribution in [0, 0.1) is 10.1 Å². The fourth-order valence-corrected chi connectivity index (χ4v) is 1.74. The van der Waals surface area contributed by atoms with E-state index in [4.69, 9.17) is 5.11 Å².